The van der Waals surface area contributed by atoms with Crippen LogP contribution in [0.15, 0.2) is 52.9 Å². The van der Waals surface area contributed by atoms with Crippen molar-refractivity contribution in [2.75, 3.05) is 6.26 Å². The molecule has 1 aromatic heterocycles. The molecule has 1 amide bonds. The van der Waals surface area contributed by atoms with Crippen LogP contribution in [0.4, 0.5) is 0 Å². The van der Waals surface area contributed by atoms with Crippen molar-refractivity contribution in [3.05, 3.63) is 59.1 Å². The third kappa shape index (κ3) is 3.47. The molecule has 0 aliphatic heterocycles. The predicted molar refractivity (Wildman–Crippen MR) is 95.1 cm³/mol. The van der Waals surface area contributed by atoms with Gasteiger partial charge in [-0.25, -0.2) is 13.4 Å². The summed E-state index contributed by atoms with van der Waals surface area (Å²) in [5.74, 6) is -0.176. The van der Waals surface area contributed by atoms with Crippen LogP contribution in [0.25, 0.3) is 10.2 Å². The lowest BCUT2D eigenvalue weighted by molar-refractivity contribution is 0.0940. The third-order valence-electron chi connectivity index (χ3n) is 3.75. The van der Waals surface area contributed by atoms with Crippen molar-refractivity contribution in [3.8, 4) is 0 Å². The molecule has 1 atom stereocenters. The minimum atomic E-state index is -3.22. The molecule has 0 radical (unpaired) electrons. The summed E-state index contributed by atoms with van der Waals surface area (Å²) in [6, 6.07) is 11.7. The number of hydrogen-bond donors (Lipinski definition) is 1. The zero-order valence-corrected chi connectivity index (χ0v) is 14.8. The molecule has 1 heterocycles. The van der Waals surface area contributed by atoms with Crippen LogP contribution in [0.1, 0.15) is 28.9 Å². The SMILES string of the molecule is C[C@@H](NC(=O)c1ccc2ncsc2c1)c1ccc(S(C)(=O)=O)cc1. The molecule has 0 aliphatic rings. The van der Waals surface area contributed by atoms with Crippen LogP contribution in [0, 0.1) is 0 Å². The second kappa shape index (κ2) is 6.33. The summed E-state index contributed by atoms with van der Waals surface area (Å²) in [4.78, 5) is 16.9. The normalized spacial score (nSPS) is 12.9. The Hall–Kier alpha value is -2.25. The van der Waals surface area contributed by atoms with Gasteiger partial charge in [0.25, 0.3) is 5.91 Å². The number of carbonyl (C=O) groups is 1. The van der Waals surface area contributed by atoms with Crippen LogP contribution >= 0.6 is 11.3 Å². The first-order valence-corrected chi connectivity index (χ1v) is 10.1. The molecule has 0 spiro atoms. The number of amides is 1. The van der Waals surface area contributed by atoms with Crippen molar-refractivity contribution in [1.82, 2.24) is 10.3 Å². The van der Waals surface area contributed by atoms with Gasteiger partial charge in [0, 0.05) is 11.8 Å². The van der Waals surface area contributed by atoms with Gasteiger partial charge in [-0.05, 0) is 42.8 Å². The van der Waals surface area contributed by atoms with Gasteiger partial charge in [-0.3, -0.25) is 4.79 Å². The molecule has 7 heteroatoms. The lowest BCUT2D eigenvalue weighted by atomic mass is 10.1. The highest BCUT2D eigenvalue weighted by atomic mass is 32.2. The molecule has 0 unspecified atom stereocenters. The van der Waals surface area contributed by atoms with Crippen LogP contribution in [0.5, 0.6) is 0 Å². The Labute approximate surface area is 144 Å². The van der Waals surface area contributed by atoms with Gasteiger partial charge >= 0.3 is 0 Å². The summed E-state index contributed by atoms with van der Waals surface area (Å²) < 4.78 is 23.9. The van der Waals surface area contributed by atoms with Crippen molar-refractivity contribution >= 4 is 37.3 Å². The lowest BCUT2D eigenvalue weighted by Gasteiger charge is -2.15. The number of hydrogen-bond acceptors (Lipinski definition) is 5. The van der Waals surface area contributed by atoms with E-state index in [1.54, 1.807) is 35.8 Å². The molecular weight excluding hydrogens is 344 g/mol. The van der Waals surface area contributed by atoms with Crippen molar-refractivity contribution in [1.29, 1.82) is 0 Å². The molecule has 2 aromatic carbocycles. The Morgan fingerprint density at radius 2 is 1.88 bits per heavy atom. The Bertz CT molecular complexity index is 992. The van der Waals surface area contributed by atoms with Gasteiger partial charge in [0.05, 0.1) is 26.7 Å². The molecule has 24 heavy (non-hydrogen) atoms. The van der Waals surface area contributed by atoms with E-state index >= 15 is 0 Å². The van der Waals surface area contributed by atoms with Crippen LogP contribution in [-0.4, -0.2) is 25.6 Å². The summed E-state index contributed by atoms with van der Waals surface area (Å²) in [5.41, 5.74) is 4.04. The number of sulfone groups is 1. The first-order valence-electron chi connectivity index (χ1n) is 7.29. The topological polar surface area (TPSA) is 76.1 Å². The monoisotopic (exact) mass is 360 g/mol. The standard InChI is InChI=1S/C17H16N2O3S2/c1-11(12-3-6-14(7-4-12)24(2,21)22)19-17(20)13-5-8-15-16(9-13)23-10-18-15/h3-11H,1-2H3,(H,19,20)/t11-/m1/s1. The molecule has 1 N–H and O–H groups in total. The summed E-state index contributed by atoms with van der Waals surface area (Å²) >= 11 is 1.49. The second-order valence-corrected chi connectivity index (χ2v) is 8.47. The number of thiazole rings is 1. The largest absolute Gasteiger partial charge is 0.346 e. The van der Waals surface area contributed by atoms with Crippen molar-refractivity contribution in [2.45, 2.75) is 17.9 Å². The van der Waals surface area contributed by atoms with Gasteiger partial charge in [-0.15, -0.1) is 11.3 Å². The maximum Gasteiger partial charge on any atom is 0.251 e. The number of nitrogens with zero attached hydrogens (tertiary/aromatic N) is 1. The van der Waals surface area contributed by atoms with E-state index in [4.69, 9.17) is 0 Å². The number of carbonyl (C=O) groups excluding carboxylic acids is 1. The highest BCUT2D eigenvalue weighted by Gasteiger charge is 2.14. The maximum atomic E-state index is 12.4. The van der Waals surface area contributed by atoms with Gasteiger partial charge in [0.2, 0.25) is 0 Å². The zero-order chi connectivity index (χ0) is 17.3. The first-order chi connectivity index (χ1) is 11.3. The lowest BCUT2D eigenvalue weighted by Crippen LogP contribution is -2.26. The number of fused-ring (bicyclic) bond motifs is 1. The van der Waals surface area contributed by atoms with Crippen LogP contribution in [0.3, 0.4) is 0 Å². The number of nitrogens with one attached hydrogen (secondary N) is 1. The fourth-order valence-corrected chi connectivity index (χ4v) is 3.71. The molecule has 0 saturated carbocycles. The van der Waals surface area contributed by atoms with E-state index in [0.717, 1.165) is 15.8 Å². The van der Waals surface area contributed by atoms with E-state index in [9.17, 15) is 13.2 Å². The highest BCUT2D eigenvalue weighted by Crippen LogP contribution is 2.20. The van der Waals surface area contributed by atoms with Gasteiger partial charge in [-0.2, -0.15) is 0 Å². The fourth-order valence-electron chi connectivity index (χ4n) is 2.36. The Morgan fingerprint density at radius 3 is 2.54 bits per heavy atom. The minimum absolute atomic E-state index is 0.176. The Balaban J connectivity index is 1.75. The van der Waals surface area contributed by atoms with E-state index in [-0.39, 0.29) is 16.8 Å². The Morgan fingerprint density at radius 1 is 1.17 bits per heavy atom. The highest BCUT2D eigenvalue weighted by molar-refractivity contribution is 7.90. The van der Waals surface area contributed by atoms with Crippen LogP contribution in [-0.2, 0) is 9.84 Å². The molecule has 0 bridgehead atoms. The molecule has 3 rings (SSSR count). The average Bonchev–Trinajstić information content (AvgIpc) is 3.01. The summed E-state index contributed by atoms with van der Waals surface area (Å²) in [6.45, 7) is 1.86. The van der Waals surface area contributed by atoms with Gasteiger partial charge in [-0.1, -0.05) is 12.1 Å². The van der Waals surface area contributed by atoms with E-state index in [1.807, 2.05) is 19.1 Å². The molecular formula is C17H16N2O3S2. The summed E-state index contributed by atoms with van der Waals surface area (Å²) in [7, 11) is -3.22. The van der Waals surface area contributed by atoms with Crippen molar-refractivity contribution in [2.24, 2.45) is 0 Å². The van der Waals surface area contributed by atoms with Gasteiger partial charge in [0.15, 0.2) is 9.84 Å². The number of rotatable bonds is 4. The quantitative estimate of drug-likeness (QED) is 0.775. The fraction of sp³-hybridized carbons (Fsp3) is 0.176. The minimum Gasteiger partial charge on any atom is -0.346 e. The molecule has 0 saturated heterocycles. The van der Waals surface area contributed by atoms with Crippen LogP contribution in [0.2, 0.25) is 0 Å². The van der Waals surface area contributed by atoms with E-state index < -0.39 is 9.84 Å². The van der Waals surface area contributed by atoms with Crippen molar-refractivity contribution in [3.63, 3.8) is 0 Å². The average molecular weight is 360 g/mol. The zero-order valence-electron chi connectivity index (χ0n) is 13.2. The summed E-state index contributed by atoms with van der Waals surface area (Å²) in [5, 5.41) is 2.92. The number of benzene rings is 2. The molecule has 0 aliphatic carbocycles. The smallest absolute Gasteiger partial charge is 0.251 e. The number of aromatic nitrogens is 1. The Kier molecular flexibility index (Phi) is 4.38. The molecule has 3 aromatic rings. The van der Waals surface area contributed by atoms with Crippen molar-refractivity contribution < 1.29 is 13.2 Å². The van der Waals surface area contributed by atoms with E-state index in [1.165, 1.54) is 17.6 Å². The first kappa shape index (κ1) is 16.6. The van der Waals surface area contributed by atoms with E-state index in [0.29, 0.717) is 5.56 Å². The van der Waals surface area contributed by atoms with Crippen LogP contribution < -0.4 is 5.32 Å². The van der Waals surface area contributed by atoms with E-state index in [2.05, 4.69) is 10.3 Å². The third-order valence-corrected chi connectivity index (χ3v) is 5.67. The maximum absolute atomic E-state index is 12.4. The predicted octanol–water partition coefficient (Wildman–Crippen LogP) is 3.19. The second-order valence-electron chi connectivity index (χ2n) is 5.57. The molecule has 0 fully saturated rings. The summed E-state index contributed by atoms with van der Waals surface area (Å²) in [6.07, 6.45) is 1.17. The molecule has 124 valence electrons. The van der Waals surface area contributed by atoms with Gasteiger partial charge in [0.1, 0.15) is 0 Å². The molecule has 5 nitrogen and oxygen atoms in total. The van der Waals surface area contributed by atoms with Gasteiger partial charge < -0.3 is 5.32 Å².